The van der Waals surface area contributed by atoms with E-state index in [0.29, 0.717) is 21.3 Å². The van der Waals surface area contributed by atoms with E-state index in [0.717, 1.165) is 27.5 Å². The van der Waals surface area contributed by atoms with Gasteiger partial charge in [0.1, 0.15) is 5.52 Å². The minimum Gasteiger partial charge on any atom is -0.316 e. The number of benzene rings is 3. The number of hydrogen-bond acceptors (Lipinski definition) is 3. The minimum atomic E-state index is -0.112. The molecule has 4 nitrogen and oxygen atoms in total. The first-order valence-corrected chi connectivity index (χ1v) is 9.49. The summed E-state index contributed by atoms with van der Waals surface area (Å²) in [6, 6.07) is 20.5. The number of hydrogen-bond donors (Lipinski definition) is 0. The lowest BCUT2D eigenvalue weighted by atomic mass is 10.1. The molecule has 5 aromatic rings. The van der Waals surface area contributed by atoms with Gasteiger partial charge in [-0.1, -0.05) is 53.5 Å². The van der Waals surface area contributed by atoms with Gasteiger partial charge in [0.25, 0.3) is 0 Å². The number of ketones is 1. The normalized spacial score (nSPS) is 11.5. The summed E-state index contributed by atoms with van der Waals surface area (Å²) in [6.45, 7) is 0.110. The number of carbonyl (C=O) groups is 1. The second kappa shape index (κ2) is 6.59. The van der Waals surface area contributed by atoms with Crippen molar-refractivity contribution in [3.05, 3.63) is 82.3 Å². The fraction of sp³-hybridized carbons (Fsp3) is 0.0455. The van der Waals surface area contributed by atoms with Crippen LogP contribution in [0.25, 0.3) is 33.1 Å². The van der Waals surface area contributed by atoms with Crippen LogP contribution in [0.2, 0.25) is 10.0 Å². The topological polar surface area (TPSA) is 47.8 Å². The Bertz CT molecular complexity index is 1390. The van der Waals surface area contributed by atoms with Crippen LogP contribution in [-0.4, -0.2) is 20.3 Å². The first-order chi connectivity index (χ1) is 13.6. The van der Waals surface area contributed by atoms with E-state index in [2.05, 4.69) is 0 Å². The van der Waals surface area contributed by atoms with E-state index in [1.54, 1.807) is 18.2 Å². The van der Waals surface area contributed by atoms with Gasteiger partial charge in [-0.25, -0.2) is 9.97 Å². The summed E-state index contributed by atoms with van der Waals surface area (Å²) < 4.78 is 1.90. The maximum atomic E-state index is 13.0. The van der Waals surface area contributed by atoms with E-state index in [-0.39, 0.29) is 12.3 Å². The Balaban J connectivity index is 1.73. The molecule has 0 bridgehead atoms. The van der Waals surface area contributed by atoms with Crippen molar-refractivity contribution in [3.63, 3.8) is 0 Å². The number of aromatic nitrogens is 3. The molecule has 0 radical (unpaired) electrons. The zero-order valence-corrected chi connectivity index (χ0v) is 16.1. The summed E-state index contributed by atoms with van der Waals surface area (Å²) in [5, 5.41) is 1.80. The van der Waals surface area contributed by atoms with Crippen LogP contribution in [0.5, 0.6) is 0 Å². The number of para-hydroxylation sites is 3. The van der Waals surface area contributed by atoms with Gasteiger partial charge in [-0.15, -0.1) is 0 Å². The van der Waals surface area contributed by atoms with Gasteiger partial charge in [0.15, 0.2) is 11.4 Å². The Kier molecular flexibility index (Phi) is 4.04. The van der Waals surface area contributed by atoms with Gasteiger partial charge in [-0.3, -0.25) is 4.79 Å². The van der Waals surface area contributed by atoms with Gasteiger partial charge >= 0.3 is 0 Å². The summed E-state index contributed by atoms with van der Waals surface area (Å²) in [6.07, 6.45) is 0. The van der Waals surface area contributed by atoms with Crippen LogP contribution in [0.3, 0.4) is 0 Å². The number of halogens is 2. The predicted molar refractivity (Wildman–Crippen MR) is 113 cm³/mol. The van der Waals surface area contributed by atoms with Gasteiger partial charge in [-0.05, 0) is 36.4 Å². The number of fused-ring (bicyclic) bond motifs is 4. The molecule has 2 heterocycles. The summed E-state index contributed by atoms with van der Waals surface area (Å²) >= 11 is 12.2. The molecule has 0 saturated heterocycles. The summed E-state index contributed by atoms with van der Waals surface area (Å²) in [7, 11) is 0. The molecule has 6 heteroatoms. The molecule has 5 rings (SSSR count). The summed E-state index contributed by atoms with van der Waals surface area (Å²) in [5.41, 5.74) is 4.42. The molecule has 3 aromatic carbocycles. The fourth-order valence-electron chi connectivity index (χ4n) is 3.49. The second-order valence-corrected chi connectivity index (χ2v) is 7.38. The standard InChI is InChI=1S/C22H13Cl2N3O/c23-13-9-10-14(16(24)11-13)20(28)12-27-19-8-4-1-5-15(19)21-22(27)26-18-7-3-2-6-17(18)25-21/h1-11H,12H2. The van der Waals surface area contributed by atoms with Crippen LogP contribution in [0.1, 0.15) is 10.4 Å². The molecular weight excluding hydrogens is 393 g/mol. The lowest BCUT2D eigenvalue weighted by molar-refractivity contribution is 0.0975. The van der Waals surface area contributed by atoms with Crippen molar-refractivity contribution < 1.29 is 4.79 Å². The number of carbonyl (C=O) groups excluding carboxylic acids is 1. The van der Waals surface area contributed by atoms with E-state index < -0.39 is 0 Å². The van der Waals surface area contributed by atoms with Crippen molar-refractivity contribution in [2.24, 2.45) is 0 Å². The van der Waals surface area contributed by atoms with Crippen molar-refractivity contribution in [1.29, 1.82) is 0 Å². The van der Waals surface area contributed by atoms with E-state index in [4.69, 9.17) is 33.2 Å². The van der Waals surface area contributed by atoms with Crippen molar-refractivity contribution >= 4 is 62.1 Å². The second-order valence-electron chi connectivity index (χ2n) is 6.54. The molecule has 28 heavy (non-hydrogen) atoms. The van der Waals surface area contributed by atoms with Crippen LogP contribution >= 0.6 is 23.2 Å². The molecular formula is C22H13Cl2N3O. The first-order valence-electron chi connectivity index (χ1n) is 8.74. The minimum absolute atomic E-state index is 0.110. The largest absolute Gasteiger partial charge is 0.316 e. The van der Waals surface area contributed by atoms with Gasteiger partial charge in [0.2, 0.25) is 0 Å². The molecule has 0 unspecified atom stereocenters. The quantitative estimate of drug-likeness (QED) is 0.349. The number of nitrogens with zero attached hydrogens (tertiary/aromatic N) is 3. The summed E-state index contributed by atoms with van der Waals surface area (Å²) in [4.78, 5) is 22.6. The fourth-order valence-corrected chi connectivity index (χ4v) is 4.00. The number of rotatable bonds is 3. The Labute approximate surface area is 170 Å². The molecule has 0 amide bonds. The van der Waals surface area contributed by atoms with Gasteiger partial charge in [0.05, 0.1) is 28.1 Å². The van der Waals surface area contributed by atoms with E-state index in [1.165, 1.54) is 0 Å². The lowest BCUT2D eigenvalue weighted by Crippen LogP contribution is -2.11. The Morgan fingerprint density at radius 1 is 0.893 bits per heavy atom. The third-order valence-electron chi connectivity index (χ3n) is 4.79. The molecule has 0 aliphatic heterocycles. The molecule has 0 aliphatic rings. The Morgan fingerprint density at radius 2 is 1.61 bits per heavy atom. The molecule has 0 N–H and O–H groups in total. The highest BCUT2D eigenvalue weighted by atomic mass is 35.5. The van der Waals surface area contributed by atoms with Crippen LogP contribution in [0, 0.1) is 0 Å². The lowest BCUT2D eigenvalue weighted by Gasteiger charge is -2.08. The molecule has 0 spiro atoms. The van der Waals surface area contributed by atoms with Crippen molar-refractivity contribution in [2.45, 2.75) is 6.54 Å². The van der Waals surface area contributed by atoms with E-state index in [9.17, 15) is 4.79 Å². The number of Topliss-reactive ketones (excluding diaryl/α,β-unsaturated/α-hetero) is 1. The van der Waals surface area contributed by atoms with Crippen LogP contribution in [0.4, 0.5) is 0 Å². The molecule has 0 saturated carbocycles. The average Bonchev–Trinajstić information content (AvgIpc) is 2.99. The van der Waals surface area contributed by atoms with Gasteiger partial charge in [-0.2, -0.15) is 0 Å². The maximum Gasteiger partial charge on any atom is 0.184 e. The Morgan fingerprint density at radius 3 is 2.39 bits per heavy atom. The SMILES string of the molecule is O=C(Cn1c2ccccc2c2nc3ccccc3nc21)c1ccc(Cl)cc1Cl. The maximum absolute atomic E-state index is 13.0. The van der Waals surface area contributed by atoms with E-state index >= 15 is 0 Å². The van der Waals surface area contributed by atoms with Crippen LogP contribution in [0.15, 0.2) is 66.7 Å². The van der Waals surface area contributed by atoms with Crippen molar-refractivity contribution in [3.8, 4) is 0 Å². The third-order valence-corrected chi connectivity index (χ3v) is 5.34. The van der Waals surface area contributed by atoms with Gasteiger partial charge < -0.3 is 4.57 Å². The smallest absolute Gasteiger partial charge is 0.184 e. The zero-order chi connectivity index (χ0) is 19.3. The molecule has 0 fully saturated rings. The average molecular weight is 406 g/mol. The highest BCUT2D eigenvalue weighted by Gasteiger charge is 2.18. The third kappa shape index (κ3) is 2.73. The van der Waals surface area contributed by atoms with Crippen LogP contribution in [-0.2, 0) is 6.54 Å². The van der Waals surface area contributed by atoms with E-state index in [1.807, 2.05) is 53.1 Å². The zero-order valence-electron chi connectivity index (χ0n) is 14.6. The van der Waals surface area contributed by atoms with Gasteiger partial charge in [0, 0.05) is 16.0 Å². The van der Waals surface area contributed by atoms with Crippen LogP contribution < -0.4 is 0 Å². The highest BCUT2D eigenvalue weighted by molar-refractivity contribution is 6.36. The van der Waals surface area contributed by atoms with Crippen molar-refractivity contribution in [2.75, 3.05) is 0 Å². The monoisotopic (exact) mass is 405 g/mol. The molecule has 0 aliphatic carbocycles. The van der Waals surface area contributed by atoms with Crippen molar-refractivity contribution in [1.82, 2.24) is 14.5 Å². The molecule has 136 valence electrons. The molecule has 2 aromatic heterocycles. The predicted octanol–water partition coefficient (Wildman–Crippen LogP) is 5.93. The molecule has 0 atom stereocenters. The summed E-state index contributed by atoms with van der Waals surface area (Å²) in [5.74, 6) is -0.112. The highest BCUT2D eigenvalue weighted by Crippen LogP contribution is 2.29. The Hall–Kier alpha value is -2.95. The first kappa shape index (κ1) is 17.2.